The van der Waals surface area contributed by atoms with E-state index in [2.05, 4.69) is 10.2 Å². The summed E-state index contributed by atoms with van der Waals surface area (Å²) in [5.74, 6) is 0.354. The van der Waals surface area contributed by atoms with E-state index in [1.54, 1.807) is 18.1 Å². The summed E-state index contributed by atoms with van der Waals surface area (Å²) in [6.07, 6.45) is 0. The minimum Gasteiger partial charge on any atom is -0.495 e. The summed E-state index contributed by atoms with van der Waals surface area (Å²) in [6.45, 7) is 2.28. The van der Waals surface area contributed by atoms with Gasteiger partial charge in [0.25, 0.3) is 5.91 Å². The highest BCUT2D eigenvalue weighted by Crippen LogP contribution is 2.33. The second-order valence-electron chi connectivity index (χ2n) is 7.23. The number of amides is 2. The van der Waals surface area contributed by atoms with Gasteiger partial charge in [-0.1, -0.05) is 24.3 Å². The molecular formula is C23H25N3O5. The van der Waals surface area contributed by atoms with Gasteiger partial charge in [0, 0.05) is 38.7 Å². The van der Waals surface area contributed by atoms with Gasteiger partial charge in [-0.3, -0.25) is 9.59 Å². The van der Waals surface area contributed by atoms with Crippen LogP contribution < -0.4 is 15.0 Å². The number of para-hydroxylation sites is 3. The molecule has 2 heterocycles. The Labute approximate surface area is 180 Å². The number of hydrogen-bond acceptors (Lipinski definition) is 6. The lowest BCUT2D eigenvalue weighted by molar-refractivity contribution is -0.119. The molecule has 1 N–H and O–H groups in total. The highest BCUT2D eigenvalue weighted by Gasteiger charge is 2.29. The van der Waals surface area contributed by atoms with Gasteiger partial charge in [0.05, 0.1) is 12.8 Å². The van der Waals surface area contributed by atoms with Gasteiger partial charge in [0.1, 0.15) is 23.6 Å². The third-order valence-electron chi connectivity index (χ3n) is 5.32. The highest BCUT2D eigenvalue weighted by atomic mass is 16.5. The number of fused-ring (bicyclic) bond motifs is 1. The van der Waals surface area contributed by atoms with E-state index in [0.717, 1.165) is 11.4 Å². The van der Waals surface area contributed by atoms with Crippen LogP contribution in [0, 0.1) is 0 Å². The molecule has 2 amide bonds. The minimum atomic E-state index is -0.343. The molecule has 162 valence electrons. The van der Waals surface area contributed by atoms with Crippen LogP contribution in [0.2, 0.25) is 0 Å². The maximum atomic E-state index is 13.3. The van der Waals surface area contributed by atoms with Gasteiger partial charge in [-0.25, -0.2) is 0 Å². The van der Waals surface area contributed by atoms with E-state index in [9.17, 15) is 9.59 Å². The Balaban J connectivity index is 1.54. The van der Waals surface area contributed by atoms with Crippen molar-refractivity contribution in [1.29, 1.82) is 0 Å². The van der Waals surface area contributed by atoms with Crippen molar-refractivity contribution in [2.45, 2.75) is 0 Å². The van der Waals surface area contributed by atoms with Gasteiger partial charge in [0.2, 0.25) is 11.7 Å². The number of carbonyl (C=O) groups is 2. The molecule has 1 aliphatic heterocycles. The first kappa shape index (κ1) is 20.7. The topological polar surface area (TPSA) is 84.2 Å². The summed E-state index contributed by atoms with van der Waals surface area (Å²) in [5.41, 5.74) is 1.94. The normalized spacial score (nSPS) is 14.0. The zero-order valence-corrected chi connectivity index (χ0v) is 17.6. The number of rotatable bonds is 6. The van der Waals surface area contributed by atoms with Gasteiger partial charge < -0.3 is 29.0 Å². The Kier molecular flexibility index (Phi) is 6.08. The lowest BCUT2D eigenvalue weighted by atomic mass is 10.2. The zero-order valence-electron chi connectivity index (χ0n) is 17.6. The van der Waals surface area contributed by atoms with E-state index >= 15 is 0 Å². The summed E-state index contributed by atoms with van der Waals surface area (Å²) < 4.78 is 16.2. The second kappa shape index (κ2) is 9.09. The standard InChI is InChI=1S/C23H25N3O5/c1-29-15-20(27)24-21-16-7-3-5-9-18(16)31-22(21)23(28)26-13-11-25(12-14-26)17-8-4-6-10-19(17)30-2/h3-10H,11-15H2,1-2H3,(H,24,27). The van der Waals surface area contributed by atoms with Gasteiger partial charge in [-0.2, -0.15) is 0 Å². The molecule has 1 saturated heterocycles. The summed E-state index contributed by atoms with van der Waals surface area (Å²) in [5, 5.41) is 3.46. The Morgan fingerprint density at radius 3 is 2.45 bits per heavy atom. The first-order valence-corrected chi connectivity index (χ1v) is 10.1. The summed E-state index contributed by atoms with van der Waals surface area (Å²) in [7, 11) is 3.10. The van der Waals surface area contributed by atoms with Crippen LogP contribution in [0.25, 0.3) is 11.0 Å². The van der Waals surface area contributed by atoms with Crippen molar-refractivity contribution in [3.8, 4) is 5.75 Å². The molecule has 4 rings (SSSR count). The minimum absolute atomic E-state index is 0.106. The number of furan rings is 1. The number of nitrogens with one attached hydrogen (secondary N) is 1. The number of carbonyl (C=O) groups excluding carboxylic acids is 2. The highest BCUT2D eigenvalue weighted by molar-refractivity contribution is 6.11. The summed E-state index contributed by atoms with van der Waals surface area (Å²) in [6, 6.07) is 15.1. The number of piperazine rings is 1. The SMILES string of the molecule is COCC(=O)Nc1c(C(=O)N2CCN(c3ccccc3OC)CC2)oc2ccccc12. The van der Waals surface area contributed by atoms with Crippen LogP contribution >= 0.6 is 0 Å². The van der Waals surface area contributed by atoms with Crippen LogP contribution in [0.15, 0.2) is 52.9 Å². The van der Waals surface area contributed by atoms with Crippen molar-refractivity contribution in [3.63, 3.8) is 0 Å². The molecule has 0 radical (unpaired) electrons. The van der Waals surface area contributed by atoms with Crippen LogP contribution in [0.5, 0.6) is 5.75 Å². The average molecular weight is 423 g/mol. The van der Waals surface area contributed by atoms with Crippen LogP contribution in [0.3, 0.4) is 0 Å². The first-order valence-electron chi connectivity index (χ1n) is 10.1. The molecular weight excluding hydrogens is 398 g/mol. The summed E-state index contributed by atoms with van der Waals surface area (Å²) in [4.78, 5) is 29.4. The van der Waals surface area contributed by atoms with Crippen molar-refractivity contribution in [3.05, 3.63) is 54.3 Å². The molecule has 1 aliphatic rings. The molecule has 0 unspecified atom stereocenters. The monoisotopic (exact) mass is 423 g/mol. The van der Waals surface area contributed by atoms with Crippen molar-refractivity contribution >= 4 is 34.2 Å². The summed E-state index contributed by atoms with van der Waals surface area (Å²) >= 11 is 0. The zero-order chi connectivity index (χ0) is 21.8. The second-order valence-corrected chi connectivity index (χ2v) is 7.23. The fraction of sp³-hybridized carbons (Fsp3) is 0.304. The molecule has 0 spiro atoms. The van der Waals surface area contributed by atoms with E-state index in [1.807, 2.05) is 42.5 Å². The fourth-order valence-electron chi connectivity index (χ4n) is 3.81. The maximum Gasteiger partial charge on any atom is 0.291 e. The first-order chi connectivity index (χ1) is 15.1. The van der Waals surface area contributed by atoms with Gasteiger partial charge in [0.15, 0.2) is 0 Å². The van der Waals surface area contributed by atoms with Crippen molar-refractivity contribution < 1.29 is 23.5 Å². The quantitative estimate of drug-likeness (QED) is 0.656. The van der Waals surface area contributed by atoms with Crippen LogP contribution in [-0.4, -0.2) is 63.7 Å². The smallest absolute Gasteiger partial charge is 0.291 e. The van der Waals surface area contributed by atoms with E-state index < -0.39 is 0 Å². The van der Waals surface area contributed by atoms with Crippen LogP contribution in [-0.2, 0) is 9.53 Å². The third-order valence-corrected chi connectivity index (χ3v) is 5.32. The Morgan fingerprint density at radius 1 is 1.00 bits per heavy atom. The molecule has 0 aliphatic carbocycles. The van der Waals surface area contributed by atoms with Crippen LogP contribution in [0.1, 0.15) is 10.6 Å². The molecule has 0 bridgehead atoms. The molecule has 31 heavy (non-hydrogen) atoms. The fourth-order valence-corrected chi connectivity index (χ4v) is 3.81. The van der Waals surface area contributed by atoms with Crippen molar-refractivity contribution in [2.24, 2.45) is 0 Å². The average Bonchev–Trinajstić information content (AvgIpc) is 3.17. The molecule has 8 nitrogen and oxygen atoms in total. The largest absolute Gasteiger partial charge is 0.495 e. The lowest BCUT2D eigenvalue weighted by Crippen LogP contribution is -2.49. The Bertz CT molecular complexity index is 1090. The number of methoxy groups -OCH3 is 2. The molecule has 8 heteroatoms. The van der Waals surface area contributed by atoms with Gasteiger partial charge in [-0.15, -0.1) is 0 Å². The van der Waals surface area contributed by atoms with E-state index in [4.69, 9.17) is 13.9 Å². The molecule has 3 aromatic rings. The van der Waals surface area contributed by atoms with E-state index in [-0.39, 0.29) is 24.2 Å². The van der Waals surface area contributed by atoms with Crippen molar-refractivity contribution in [2.75, 3.05) is 57.2 Å². The van der Waals surface area contributed by atoms with E-state index in [1.165, 1.54) is 7.11 Å². The molecule has 1 fully saturated rings. The molecule has 2 aromatic carbocycles. The lowest BCUT2D eigenvalue weighted by Gasteiger charge is -2.36. The number of anilines is 2. The Hall–Kier alpha value is -3.52. The van der Waals surface area contributed by atoms with Gasteiger partial charge in [-0.05, 0) is 24.3 Å². The number of nitrogens with zero attached hydrogens (tertiary/aromatic N) is 2. The Morgan fingerprint density at radius 2 is 1.71 bits per heavy atom. The van der Waals surface area contributed by atoms with Crippen molar-refractivity contribution in [1.82, 2.24) is 4.90 Å². The van der Waals surface area contributed by atoms with Crippen LogP contribution in [0.4, 0.5) is 11.4 Å². The maximum absolute atomic E-state index is 13.3. The predicted molar refractivity (Wildman–Crippen MR) is 118 cm³/mol. The predicted octanol–water partition coefficient (Wildman–Crippen LogP) is 2.99. The van der Waals surface area contributed by atoms with E-state index in [0.29, 0.717) is 42.8 Å². The number of ether oxygens (including phenoxy) is 2. The number of benzene rings is 2. The molecule has 0 atom stereocenters. The molecule has 0 saturated carbocycles. The number of hydrogen-bond donors (Lipinski definition) is 1. The third kappa shape index (κ3) is 4.20. The molecule has 1 aromatic heterocycles. The van der Waals surface area contributed by atoms with Gasteiger partial charge >= 0.3 is 0 Å².